The van der Waals surface area contributed by atoms with Gasteiger partial charge in [0.1, 0.15) is 16.9 Å². The Labute approximate surface area is 350 Å². The van der Waals surface area contributed by atoms with Gasteiger partial charge >= 0.3 is 0 Å². The van der Waals surface area contributed by atoms with Gasteiger partial charge in [0.25, 0.3) is 0 Å². The minimum absolute atomic E-state index is 0.115. The van der Waals surface area contributed by atoms with Crippen molar-refractivity contribution in [1.82, 2.24) is 19.9 Å². The van der Waals surface area contributed by atoms with Gasteiger partial charge in [0.05, 0.1) is 0 Å². The molecule has 4 bridgehead atoms. The fraction of sp³-hybridized carbons (Fsp3) is 0.185. The van der Waals surface area contributed by atoms with E-state index in [1.54, 1.807) is 0 Å². The molecule has 60 heavy (non-hydrogen) atoms. The van der Waals surface area contributed by atoms with Gasteiger partial charge in [-0.2, -0.15) is 0 Å². The van der Waals surface area contributed by atoms with Gasteiger partial charge in [0.2, 0.25) is 0 Å². The molecule has 4 saturated carbocycles. The maximum atomic E-state index is 6.23. The summed E-state index contributed by atoms with van der Waals surface area (Å²) in [6, 6.07) is 50.7. The summed E-state index contributed by atoms with van der Waals surface area (Å²) in [5, 5.41) is 4.82. The Morgan fingerprint density at radius 2 is 1.17 bits per heavy atom. The van der Waals surface area contributed by atoms with Crippen LogP contribution >= 0.6 is 11.3 Å². The zero-order valence-corrected chi connectivity index (χ0v) is 33.6. The Morgan fingerprint density at radius 3 is 2.03 bits per heavy atom. The van der Waals surface area contributed by atoms with Crippen LogP contribution in [0.25, 0.3) is 98.7 Å². The first kappa shape index (κ1) is 33.3. The predicted octanol–water partition coefficient (Wildman–Crippen LogP) is 13.9. The molecule has 4 heterocycles. The third kappa shape index (κ3) is 4.63. The van der Waals surface area contributed by atoms with Gasteiger partial charge in [0.15, 0.2) is 17.5 Å². The second kappa shape index (κ2) is 12.3. The van der Waals surface area contributed by atoms with Crippen molar-refractivity contribution >= 4 is 53.4 Å². The molecule has 4 fully saturated rings. The first-order valence-electron chi connectivity index (χ1n) is 21.5. The van der Waals surface area contributed by atoms with Crippen molar-refractivity contribution in [3.05, 3.63) is 157 Å². The van der Waals surface area contributed by atoms with Crippen molar-refractivity contribution in [3.8, 4) is 56.5 Å². The summed E-state index contributed by atoms with van der Waals surface area (Å²) in [5.41, 5.74) is 12.7. The van der Waals surface area contributed by atoms with Gasteiger partial charge in [0, 0.05) is 53.7 Å². The Hall–Kier alpha value is -6.50. The molecule has 15 rings (SSSR count). The van der Waals surface area contributed by atoms with E-state index in [0.717, 1.165) is 50.6 Å². The molecule has 6 aromatic carbocycles. The molecule has 5 aliphatic rings. The van der Waals surface area contributed by atoms with Crippen LogP contribution in [0, 0.1) is 23.7 Å². The number of aromatic nitrogens is 4. The predicted molar refractivity (Wildman–Crippen MR) is 243 cm³/mol. The number of thiophene rings is 1. The maximum absolute atomic E-state index is 6.23. The number of benzene rings is 6. The molecule has 1 spiro atoms. The van der Waals surface area contributed by atoms with E-state index in [2.05, 4.69) is 103 Å². The largest absolute Gasteiger partial charge is 0.456 e. The lowest BCUT2D eigenvalue weighted by Crippen LogP contribution is -2.55. The Kier molecular flexibility index (Phi) is 6.82. The van der Waals surface area contributed by atoms with Gasteiger partial charge in [-0.05, 0) is 150 Å². The van der Waals surface area contributed by atoms with E-state index in [1.807, 2.05) is 53.9 Å². The van der Waals surface area contributed by atoms with Crippen LogP contribution < -0.4 is 0 Å². The van der Waals surface area contributed by atoms with E-state index in [0.29, 0.717) is 29.3 Å². The Bertz CT molecular complexity index is 3390. The van der Waals surface area contributed by atoms with Crippen molar-refractivity contribution in [1.29, 1.82) is 0 Å². The monoisotopic (exact) mass is 790 g/mol. The SMILES string of the molecule is c1ccc(-c2nc(-c3ccc4oc5ccccc5c4c3)nc(-c3cccc4c3C3(c5cc(-c6ccc7sc8ccccc8c7c6)ccc5-4)C4CC5CC(C4)CC3C5)n2)nc1. The summed E-state index contributed by atoms with van der Waals surface area (Å²) in [5.74, 6) is 4.72. The second-order valence-corrected chi connectivity index (χ2v) is 18.9. The van der Waals surface area contributed by atoms with Gasteiger partial charge in [-0.1, -0.05) is 78.9 Å². The zero-order chi connectivity index (χ0) is 39.1. The van der Waals surface area contributed by atoms with Crippen molar-refractivity contribution < 1.29 is 4.42 Å². The quantitative estimate of drug-likeness (QED) is 0.178. The highest BCUT2D eigenvalue weighted by molar-refractivity contribution is 7.25. The maximum Gasteiger partial charge on any atom is 0.182 e. The molecule has 5 aliphatic carbocycles. The molecule has 10 aromatic rings. The summed E-state index contributed by atoms with van der Waals surface area (Å²) in [4.78, 5) is 20.7. The van der Waals surface area contributed by atoms with Crippen LogP contribution in [0.5, 0.6) is 0 Å². The van der Waals surface area contributed by atoms with Crippen molar-refractivity contribution in [2.75, 3.05) is 0 Å². The van der Waals surface area contributed by atoms with E-state index in [1.165, 1.54) is 85.7 Å². The van der Waals surface area contributed by atoms with E-state index in [4.69, 9.17) is 24.4 Å². The molecule has 286 valence electrons. The van der Waals surface area contributed by atoms with E-state index < -0.39 is 0 Å². The standard InChI is InChI=1S/C54H38N4OS/c1-3-13-46-38(8-1)42-28-34(16-19-47(42)59-46)51-56-52(58-53(57-51)45-12-5-6-21-55-45)41-11-7-10-40-37-18-15-33(32-17-20-49-43(27-32)39-9-2-4-14-48(39)60-49)29-44(37)54(50(40)41)35-23-30-22-31(25-35)26-36(54)24-30/h1-21,27-31,35-36H,22-26H2. The molecule has 5 nitrogen and oxygen atoms in total. The third-order valence-electron chi connectivity index (χ3n) is 14.8. The van der Waals surface area contributed by atoms with E-state index in [-0.39, 0.29) is 5.41 Å². The highest BCUT2D eigenvalue weighted by Crippen LogP contribution is 2.70. The number of rotatable bonds is 4. The summed E-state index contributed by atoms with van der Waals surface area (Å²) in [6.07, 6.45) is 8.38. The van der Waals surface area contributed by atoms with Crippen LogP contribution in [0.4, 0.5) is 0 Å². The molecule has 4 aromatic heterocycles. The molecule has 0 unspecified atom stereocenters. The van der Waals surface area contributed by atoms with Crippen molar-refractivity contribution in [3.63, 3.8) is 0 Å². The lowest BCUT2D eigenvalue weighted by molar-refractivity contribution is -0.0397. The van der Waals surface area contributed by atoms with Gasteiger partial charge in [-0.15, -0.1) is 11.3 Å². The molecular weight excluding hydrogens is 753 g/mol. The number of para-hydroxylation sites is 1. The summed E-state index contributed by atoms with van der Waals surface area (Å²) in [7, 11) is 0. The molecule has 0 N–H and O–H groups in total. The molecule has 0 radical (unpaired) electrons. The normalized spacial score (nSPS) is 22.4. The topological polar surface area (TPSA) is 64.7 Å². The van der Waals surface area contributed by atoms with Crippen LogP contribution in [0.1, 0.15) is 43.2 Å². The van der Waals surface area contributed by atoms with E-state index in [9.17, 15) is 0 Å². The van der Waals surface area contributed by atoms with Gasteiger partial charge in [-0.25, -0.2) is 15.0 Å². The number of furan rings is 1. The average molecular weight is 791 g/mol. The number of pyridine rings is 1. The Balaban J connectivity index is 0.989. The number of hydrogen-bond donors (Lipinski definition) is 0. The van der Waals surface area contributed by atoms with Crippen LogP contribution in [0.3, 0.4) is 0 Å². The summed E-state index contributed by atoms with van der Waals surface area (Å²) < 4.78 is 8.91. The van der Waals surface area contributed by atoms with Crippen LogP contribution in [-0.2, 0) is 5.41 Å². The highest BCUT2D eigenvalue weighted by Gasteiger charge is 2.62. The number of nitrogens with zero attached hydrogens (tertiary/aromatic N) is 4. The molecule has 0 saturated heterocycles. The third-order valence-corrected chi connectivity index (χ3v) is 15.9. The number of hydrogen-bond acceptors (Lipinski definition) is 6. The van der Waals surface area contributed by atoms with Crippen LogP contribution in [0.2, 0.25) is 0 Å². The smallest absolute Gasteiger partial charge is 0.182 e. The zero-order valence-electron chi connectivity index (χ0n) is 32.8. The fourth-order valence-corrected chi connectivity index (χ4v) is 13.7. The molecule has 6 heteroatoms. The minimum Gasteiger partial charge on any atom is -0.456 e. The lowest BCUT2D eigenvalue weighted by atomic mass is 9.42. The van der Waals surface area contributed by atoms with Crippen LogP contribution in [0.15, 0.2) is 150 Å². The fourth-order valence-electron chi connectivity index (χ4n) is 12.6. The van der Waals surface area contributed by atoms with Crippen molar-refractivity contribution in [2.24, 2.45) is 23.7 Å². The minimum atomic E-state index is -0.115. The van der Waals surface area contributed by atoms with E-state index >= 15 is 0 Å². The first-order chi connectivity index (χ1) is 29.7. The molecule has 0 atom stereocenters. The summed E-state index contributed by atoms with van der Waals surface area (Å²) in [6.45, 7) is 0. The Morgan fingerprint density at radius 1 is 0.483 bits per heavy atom. The molecular formula is C54H38N4OS. The molecule has 0 amide bonds. The summed E-state index contributed by atoms with van der Waals surface area (Å²) >= 11 is 1.89. The molecule has 0 aliphatic heterocycles. The highest BCUT2D eigenvalue weighted by atomic mass is 32.1. The lowest BCUT2D eigenvalue weighted by Gasteiger charge is -2.61. The first-order valence-corrected chi connectivity index (χ1v) is 22.3. The average Bonchev–Trinajstić information content (AvgIpc) is 3.96. The number of fused-ring (bicyclic) bond motifs is 9. The van der Waals surface area contributed by atoms with Crippen LogP contribution in [-0.4, -0.2) is 19.9 Å². The second-order valence-electron chi connectivity index (χ2n) is 17.8. The van der Waals surface area contributed by atoms with Gasteiger partial charge < -0.3 is 4.42 Å². The van der Waals surface area contributed by atoms with Gasteiger partial charge in [-0.3, -0.25) is 4.98 Å². The van der Waals surface area contributed by atoms with Crippen molar-refractivity contribution in [2.45, 2.75) is 37.5 Å².